The van der Waals surface area contributed by atoms with Crippen LogP contribution in [-0.4, -0.2) is 22.8 Å². The number of rotatable bonds is 12. The van der Waals surface area contributed by atoms with Gasteiger partial charge in [-0.25, -0.2) is 0 Å². The summed E-state index contributed by atoms with van der Waals surface area (Å²) in [6.45, 7) is 7.06. The van der Waals surface area contributed by atoms with E-state index in [1.54, 1.807) is 13.3 Å². The molecule has 0 aromatic carbocycles. The first-order valence-corrected chi connectivity index (χ1v) is 17.2. The van der Waals surface area contributed by atoms with Gasteiger partial charge in [0.05, 0.1) is 0 Å². The predicted molar refractivity (Wildman–Crippen MR) is 97.5 cm³/mol. The van der Waals surface area contributed by atoms with Crippen molar-refractivity contribution < 1.29 is 0 Å². The molecular weight excluding hydrogens is 438 g/mol. The maximum atomic E-state index is 2.80. The van der Waals surface area contributed by atoms with Crippen LogP contribution in [0, 0.1) is 0 Å². The Morgan fingerprint density at radius 1 is 0.833 bits per heavy atom. The van der Waals surface area contributed by atoms with Crippen molar-refractivity contribution in [3.05, 3.63) is 10.2 Å². The van der Waals surface area contributed by atoms with Crippen molar-refractivity contribution in [2.75, 3.05) is 4.43 Å². The van der Waals surface area contributed by atoms with Crippen molar-refractivity contribution >= 4 is 41.0 Å². The monoisotopic (exact) mass is 472 g/mol. The molecule has 2 heteroatoms. The van der Waals surface area contributed by atoms with Gasteiger partial charge in [-0.05, 0) is 0 Å². The molecule has 0 bridgehead atoms. The first kappa shape index (κ1) is 19.3. The number of unbranched alkanes of at least 4 members (excludes halogenated alkanes) is 3. The molecule has 0 aliphatic carbocycles. The summed E-state index contributed by atoms with van der Waals surface area (Å²) in [6.07, 6.45) is 12.5. The molecule has 0 unspecified atom stereocenters. The predicted octanol–water partition coefficient (Wildman–Crippen LogP) is 6.76. The first-order valence-electron chi connectivity index (χ1n) is 7.98. The third-order valence-electron chi connectivity index (χ3n) is 3.83. The van der Waals surface area contributed by atoms with Gasteiger partial charge in [-0.1, -0.05) is 0 Å². The molecule has 0 spiro atoms. The molecule has 0 aliphatic rings. The Kier molecular flexibility index (Phi) is 14.2. The van der Waals surface area contributed by atoms with Gasteiger partial charge in [-0.2, -0.15) is 0 Å². The van der Waals surface area contributed by atoms with Crippen molar-refractivity contribution in [2.24, 2.45) is 0 Å². The third kappa shape index (κ3) is 9.22. The van der Waals surface area contributed by atoms with Gasteiger partial charge in [-0.15, -0.1) is 0 Å². The van der Waals surface area contributed by atoms with Gasteiger partial charge in [0.25, 0.3) is 0 Å². The van der Waals surface area contributed by atoms with Crippen molar-refractivity contribution in [2.45, 2.75) is 79.0 Å². The van der Waals surface area contributed by atoms with E-state index in [1.807, 2.05) is 0 Å². The fourth-order valence-electron chi connectivity index (χ4n) is 2.61. The molecular formula is C16H33ISn. The fraction of sp³-hybridized carbons (Fsp3) is 0.875. The molecule has 108 valence electrons. The molecule has 0 aliphatic heterocycles. The molecule has 0 rings (SSSR count). The molecule has 0 saturated carbocycles. The van der Waals surface area contributed by atoms with E-state index in [1.165, 1.54) is 49.4 Å². The average molecular weight is 471 g/mol. The van der Waals surface area contributed by atoms with Crippen LogP contribution >= 0.6 is 22.6 Å². The minimum absolute atomic E-state index is 1.28. The fourth-order valence-corrected chi connectivity index (χ4v) is 17.5. The molecule has 0 amide bonds. The Balaban J connectivity index is 4.61. The maximum absolute atomic E-state index is 2.80. The normalized spacial score (nSPS) is 12.4. The van der Waals surface area contributed by atoms with E-state index in [-0.39, 0.29) is 0 Å². The Hall–Kier alpha value is 1.27. The van der Waals surface area contributed by atoms with E-state index in [2.05, 4.69) is 53.5 Å². The molecule has 0 atom stereocenters. The second-order valence-corrected chi connectivity index (χ2v) is 19.6. The van der Waals surface area contributed by atoms with Crippen molar-refractivity contribution in [3.63, 3.8) is 0 Å². The van der Waals surface area contributed by atoms with Crippen LogP contribution in [0.2, 0.25) is 13.3 Å². The summed E-state index contributed by atoms with van der Waals surface area (Å²) in [5.41, 5.74) is 0. The van der Waals surface area contributed by atoms with Crippen LogP contribution in [0.3, 0.4) is 0 Å². The molecule has 0 N–H and O–H groups in total. The zero-order chi connectivity index (χ0) is 13.7. The summed E-state index contributed by atoms with van der Waals surface area (Å²) >= 11 is 0.598. The summed E-state index contributed by atoms with van der Waals surface area (Å²) < 4.78 is 8.93. The molecule has 0 heterocycles. The quantitative estimate of drug-likeness (QED) is 0.168. The van der Waals surface area contributed by atoms with Crippen LogP contribution in [0.5, 0.6) is 0 Å². The topological polar surface area (TPSA) is 0 Å². The molecule has 0 saturated heterocycles. The van der Waals surface area contributed by atoms with Crippen molar-refractivity contribution in [1.29, 1.82) is 0 Å². The summed E-state index contributed by atoms with van der Waals surface area (Å²) in [5.74, 6) is 0. The molecule has 0 fully saturated rings. The molecule has 0 radical (unpaired) electrons. The summed E-state index contributed by atoms with van der Waals surface area (Å²) in [5, 5.41) is 0. The van der Waals surface area contributed by atoms with E-state index in [0.717, 1.165) is 0 Å². The van der Waals surface area contributed by atoms with Crippen LogP contribution in [0.1, 0.15) is 65.7 Å². The van der Waals surface area contributed by atoms with Crippen LogP contribution in [0.4, 0.5) is 0 Å². The van der Waals surface area contributed by atoms with Gasteiger partial charge >= 0.3 is 135 Å². The van der Waals surface area contributed by atoms with Gasteiger partial charge in [0, 0.05) is 0 Å². The van der Waals surface area contributed by atoms with Gasteiger partial charge in [-0.3, -0.25) is 0 Å². The van der Waals surface area contributed by atoms with E-state index >= 15 is 0 Å². The third-order valence-corrected chi connectivity index (χ3v) is 18.7. The molecule has 0 aromatic rings. The van der Waals surface area contributed by atoms with Crippen LogP contribution < -0.4 is 0 Å². The van der Waals surface area contributed by atoms with E-state index < -0.39 is 18.4 Å². The number of hydrogen-bond acceptors (Lipinski definition) is 0. The van der Waals surface area contributed by atoms with Gasteiger partial charge in [0.2, 0.25) is 0 Å². The molecule has 18 heavy (non-hydrogen) atoms. The Morgan fingerprint density at radius 2 is 1.28 bits per heavy atom. The van der Waals surface area contributed by atoms with Crippen molar-refractivity contribution in [1.82, 2.24) is 0 Å². The standard InChI is InChI=1S/C4H6I.3C4H9.Sn/c1-2-3-4-5;3*1-3-4-2;/h1-2H,3-4H2;3*1,3-4H2,2H3;. The Bertz CT molecular complexity index is 179. The van der Waals surface area contributed by atoms with E-state index in [9.17, 15) is 0 Å². The van der Waals surface area contributed by atoms with E-state index in [0.29, 0.717) is 0 Å². The number of hydrogen-bond donors (Lipinski definition) is 0. The second kappa shape index (κ2) is 13.3. The minimum atomic E-state index is -1.90. The molecule has 0 aromatic heterocycles. The summed E-state index contributed by atoms with van der Waals surface area (Å²) in [4.78, 5) is 0. The summed E-state index contributed by atoms with van der Waals surface area (Å²) in [7, 11) is 0. The molecule has 0 nitrogen and oxygen atoms in total. The van der Waals surface area contributed by atoms with Crippen LogP contribution in [0.25, 0.3) is 0 Å². The zero-order valence-corrected chi connectivity index (χ0v) is 17.8. The van der Waals surface area contributed by atoms with E-state index in [4.69, 9.17) is 0 Å². The zero-order valence-electron chi connectivity index (χ0n) is 12.8. The Labute approximate surface area is 133 Å². The van der Waals surface area contributed by atoms with Crippen LogP contribution in [-0.2, 0) is 0 Å². The van der Waals surface area contributed by atoms with Crippen molar-refractivity contribution in [3.8, 4) is 0 Å². The average Bonchev–Trinajstić information content (AvgIpc) is 2.40. The van der Waals surface area contributed by atoms with Crippen LogP contribution in [0.15, 0.2) is 10.2 Å². The van der Waals surface area contributed by atoms with Gasteiger partial charge in [0.1, 0.15) is 0 Å². The van der Waals surface area contributed by atoms with Gasteiger partial charge in [0.15, 0.2) is 0 Å². The van der Waals surface area contributed by atoms with Gasteiger partial charge < -0.3 is 0 Å². The summed E-state index contributed by atoms with van der Waals surface area (Å²) in [6, 6.07) is 0. The number of halogens is 1. The Morgan fingerprint density at radius 3 is 1.61 bits per heavy atom. The first-order chi connectivity index (χ1) is 8.74. The second-order valence-electron chi connectivity index (χ2n) is 5.55. The SMILES string of the molecule is CCC[CH2][Sn](/[CH]=C\CCI)([CH2]CCC)[CH2]CCC. The number of alkyl halides is 1. The number of allylic oxidation sites excluding steroid dienone is 1.